The molecule has 3 fully saturated rings. The molecule has 3 aliphatic rings. The minimum Gasteiger partial charge on any atom is -0.378 e. The fourth-order valence-electron chi connectivity index (χ4n) is 4.34. The van der Waals surface area contributed by atoms with Gasteiger partial charge in [0.05, 0.1) is 19.8 Å². The molecule has 2 heterocycles. The Morgan fingerprint density at radius 1 is 1.13 bits per heavy atom. The summed E-state index contributed by atoms with van der Waals surface area (Å²) in [5.41, 5.74) is 1.08. The number of rotatable bonds is 5. The van der Waals surface area contributed by atoms with Gasteiger partial charge in [-0.2, -0.15) is 0 Å². The zero-order chi connectivity index (χ0) is 21.0. The van der Waals surface area contributed by atoms with Crippen LogP contribution in [0.2, 0.25) is 0 Å². The van der Waals surface area contributed by atoms with Gasteiger partial charge in [0.15, 0.2) is 5.96 Å². The zero-order valence-corrected chi connectivity index (χ0v) is 20.5. The van der Waals surface area contributed by atoms with Gasteiger partial charge in [0.2, 0.25) is 5.91 Å². The van der Waals surface area contributed by atoms with Crippen LogP contribution in [0.15, 0.2) is 29.3 Å². The van der Waals surface area contributed by atoms with Crippen molar-refractivity contribution in [2.45, 2.75) is 18.3 Å². The normalized spacial score (nSPS) is 21.4. The maximum absolute atomic E-state index is 13.6. The van der Waals surface area contributed by atoms with E-state index in [-0.39, 0.29) is 41.1 Å². The van der Waals surface area contributed by atoms with E-state index in [0.29, 0.717) is 32.8 Å². The summed E-state index contributed by atoms with van der Waals surface area (Å²) in [6, 6.07) is 6.96. The van der Waals surface area contributed by atoms with Crippen LogP contribution in [0.3, 0.4) is 0 Å². The van der Waals surface area contributed by atoms with Gasteiger partial charge < -0.3 is 19.9 Å². The van der Waals surface area contributed by atoms with Crippen molar-refractivity contribution in [3.8, 4) is 0 Å². The highest BCUT2D eigenvalue weighted by Crippen LogP contribution is 2.47. The van der Waals surface area contributed by atoms with Crippen molar-refractivity contribution >= 4 is 35.8 Å². The largest absolute Gasteiger partial charge is 0.378 e. The summed E-state index contributed by atoms with van der Waals surface area (Å²) in [6.07, 6.45) is 2.13. The lowest BCUT2D eigenvalue weighted by atomic mass is 9.96. The molecule has 0 atom stereocenters. The average Bonchev–Trinajstić information content (AvgIpc) is 3.57. The van der Waals surface area contributed by atoms with Gasteiger partial charge in [0.1, 0.15) is 5.82 Å². The lowest BCUT2D eigenvalue weighted by Gasteiger charge is -2.37. The molecule has 1 aliphatic carbocycles. The Morgan fingerprint density at radius 3 is 2.45 bits per heavy atom. The number of guanidine groups is 1. The first kappa shape index (κ1) is 24.2. The molecule has 0 radical (unpaired) electrons. The number of morpholine rings is 1. The van der Waals surface area contributed by atoms with Gasteiger partial charge in [-0.25, -0.2) is 4.39 Å². The number of halogens is 2. The molecule has 2 saturated heterocycles. The number of hydrogen-bond donors (Lipinski definition) is 1. The molecule has 1 aromatic rings. The summed E-state index contributed by atoms with van der Waals surface area (Å²) in [5.74, 6) is 0.905. The van der Waals surface area contributed by atoms with Gasteiger partial charge in [0.25, 0.3) is 0 Å². The Kier molecular flexibility index (Phi) is 8.51. The van der Waals surface area contributed by atoms with Crippen LogP contribution >= 0.6 is 24.0 Å². The summed E-state index contributed by atoms with van der Waals surface area (Å²) in [5, 5.41) is 3.51. The second-order valence-electron chi connectivity index (χ2n) is 8.45. The van der Waals surface area contributed by atoms with Crippen LogP contribution in [0.25, 0.3) is 0 Å². The van der Waals surface area contributed by atoms with Crippen molar-refractivity contribution in [3.63, 3.8) is 0 Å². The number of piperazine rings is 1. The van der Waals surface area contributed by atoms with E-state index in [4.69, 9.17) is 4.74 Å². The molecule has 0 bridgehead atoms. The third-order valence-corrected chi connectivity index (χ3v) is 6.48. The first-order valence-electron chi connectivity index (χ1n) is 10.9. The molecule has 7 nitrogen and oxygen atoms in total. The molecule has 172 valence electrons. The SMILES string of the molecule is CN=C(NCC1(c2cccc(F)c2)CC1)N1CCN(CC(=O)N2CCOCC2)CC1.I. The molecular formula is C22H33FIN5O2. The van der Waals surface area contributed by atoms with Gasteiger partial charge in [0, 0.05) is 58.3 Å². The Morgan fingerprint density at radius 2 is 1.84 bits per heavy atom. The predicted octanol–water partition coefficient (Wildman–Crippen LogP) is 1.53. The fraction of sp³-hybridized carbons (Fsp3) is 0.636. The molecule has 9 heteroatoms. The van der Waals surface area contributed by atoms with Crippen molar-refractivity contribution in [2.75, 3.05) is 72.6 Å². The molecular weight excluding hydrogens is 512 g/mol. The van der Waals surface area contributed by atoms with Crippen LogP contribution in [0.1, 0.15) is 18.4 Å². The number of hydrogen-bond acceptors (Lipinski definition) is 4. The third kappa shape index (κ3) is 6.07. The molecule has 1 aromatic carbocycles. The van der Waals surface area contributed by atoms with E-state index < -0.39 is 0 Å². The van der Waals surface area contributed by atoms with E-state index in [1.165, 1.54) is 6.07 Å². The number of nitrogens with one attached hydrogen (secondary N) is 1. The standard InChI is InChI=1S/C22H32FN5O2.HI/c1-24-21(25-17-22(5-6-22)18-3-2-4-19(23)15-18)28-9-7-26(8-10-28)16-20(29)27-11-13-30-14-12-27;/h2-4,15H,5-14,16-17H2,1H3,(H,24,25);1H. The number of ether oxygens (including phenoxy) is 1. The number of amides is 1. The number of carbonyl (C=O) groups is 1. The van der Waals surface area contributed by atoms with E-state index in [1.807, 2.05) is 11.0 Å². The van der Waals surface area contributed by atoms with Crippen molar-refractivity contribution in [1.29, 1.82) is 0 Å². The number of benzene rings is 1. The van der Waals surface area contributed by atoms with Gasteiger partial charge in [-0.1, -0.05) is 12.1 Å². The number of aliphatic imine (C=N–C) groups is 1. The summed E-state index contributed by atoms with van der Waals surface area (Å²) in [6.45, 7) is 7.26. The van der Waals surface area contributed by atoms with Crippen molar-refractivity contribution in [2.24, 2.45) is 4.99 Å². The van der Waals surface area contributed by atoms with E-state index in [9.17, 15) is 9.18 Å². The monoisotopic (exact) mass is 545 g/mol. The van der Waals surface area contributed by atoms with Gasteiger partial charge >= 0.3 is 0 Å². The van der Waals surface area contributed by atoms with Crippen LogP contribution in [0, 0.1) is 5.82 Å². The summed E-state index contributed by atoms with van der Waals surface area (Å²) < 4.78 is 19.0. The molecule has 1 saturated carbocycles. The highest BCUT2D eigenvalue weighted by molar-refractivity contribution is 14.0. The Bertz CT molecular complexity index is 775. The van der Waals surface area contributed by atoms with E-state index in [0.717, 1.165) is 57.1 Å². The lowest BCUT2D eigenvalue weighted by molar-refractivity contribution is -0.136. The predicted molar refractivity (Wildman–Crippen MR) is 130 cm³/mol. The van der Waals surface area contributed by atoms with E-state index in [1.54, 1.807) is 19.2 Å². The molecule has 1 N–H and O–H groups in total. The second-order valence-corrected chi connectivity index (χ2v) is 8.45. The first-order chi connectivity index (χ1) is 14.6. The van der Waals surface area contributed by atoms with E-state index >= 15 is 0 Å². The first-order valence-corrected chi connectivity index (χ1v) is 10.9. The zero-order valence-electron chi connectivity index (χ0n) is 18.2. The topological polar surface area (TPSA) is 60.4 Å². The molecule has 2 aliphatic heterocycles. The highest BCUT2D eigenvalue weighted by Gasteiger charge is 2.44. The van der Waals surface area contributed by atoms with Crippen LogP contribution in [-0.2, 0) is 14.9 Å². The Hall–Kier alpha value is -1.46. The Labute approximate surface area is 201 Å². The average molecular weight is 545 g/mol. The molecule has 0 spiro atoms. The van der Waals surface area contributed by atoms with Crippen LogP contribution < -0.4 is 5.32 Å². The minimum absolute atomic E-state index is 0. The lowest BCUT2D eigenvalue weighted by Crippen LogP contribution is -2.55. The summed E-state index contributed by atoms with van der Waals surface area (Å²) in [7, 11) is 1.80. The Balaban J connectivity index is 0.00000272. The fourth-order valence-corrected chi connectivity index (χ4v) is 4.34. The maximum atomic E-state index is 13.6. The molecule has 0 aromatic heterocycles. The van der Waals surface area contributed by atoms with Gasteiger partial charge in [-0.15, -0.1) is 24.0 Å². The summed E-state index contributed by atoms with van der Waals surface area (Å²) >= 11 is 0. The van der Waals surface area contributed by atoms with Gasteiger partial charge in [-0.05, 0) is 30.5 Å². The third-order valence-electron chi connectivity index (χ3n) is 6.48. The summed E-state index contributed by atoms with van der Waals surface area (Å²) in [4.78, 5) is 23.3. The number of nitrogens with zero attached hydrogens (tertiary/aromatic N) is 4. The van der Waals surface area contributed by atoms with Crippen LogP contribution in [0.4, 0.5) is 4.39 Å². The second kappa shape index (κ2) is 10.9. The smallest absolute Gasteiger partial charge is 0.236 e. The van der Waals surface area contributed by atoms with Crippen LogP contribution in [0.5, 0.6) is 0 Å². The molecule has 4 rings (SSSR count). The van der Waals surface area contributed by atoms with E-state index in [2.05, 4.69) is 20.1 Å². The maximum Gasteiger partial charge on any atom is 0.236 e. The van der Waals surface area contributed by atoms with Crippen molar-refractivity contribution < 1.29 is 13.9 Å². The molecule has 0 unspecified atom stereocenters. The minimum atomic E-state index is -0.175. The number of carbonyl (C=O) groups excluding carboxylic acids is 1. The quantitative estimate of drug-likeness (QED) is 0.346. The van der Waals surface area contributed by atoms with Gasteiger partial charge in [-0.3, -0.25) is 14.7 Å². The molecule has 1 amide bonds. The highest BCUT2D eigenvalue weighted by atomic mass is 127. The molecule has 31 heavy (non-hydrogen) atoms. The van der Waals surface area contributed by atoms with Crippen LogP contribution in [-0.4, -0.2) is 99.2 Å². The van der Waals surface area contributed by atoms with Crippen molar-refractivity contribution in [3.05, 3.63) is 35.6 Å². The van der Waals surface area contributed by atoms with Crippen molar-refractivity contribution in [1.82, 2.24) is 20.0 Å².